The van der Waals surface area contributed by atoms with Gasteiger partial charge in [0.05, 0.1) is 17.9 Å². The molecule has 3 nitrogen and oxygen atoms in total. The third-order valence-electron chi connectivity index (χ3n) is 3.48. The zero-order valence-corrected chi connectivity index (χ0v) is 11.8. The lowest BCUT2D eigenvalue weighted by molar-refractivity contribution is 0.596. The van der Waals surface area contributed by atoms with Gasteiger partial charge in [0.2, 0.25) is 0 Å². The van der Waals surface area contributed by atoms with E-state index in [-0.39, 0.29) is 11.9 Å². The first kappa shape index (κ1) is 13.6. The first-order valence-electron chi connectivity index (χ1n) is 6.97. The first-order valence-corrected chi connectivity index (χ1v) is 6.97. The second-order valence-electron chi connectivity index (χ2n) is 4.84. The smallest absolute Gasteiger partial charge is 0.141 e. The molecule has 106 valence electrons. The summed E-state index contributed by atoms with van der Waals surface area (Å²) in [5, 5.41) is 5.63. The second-order valence-corrected chi connectivity index (χ2v) is 4.84. The normalized spacial score (nSPS) is 12.5. The van der Waals surface area contributed by atoms with E-state index in [1.54, 1.807) is 12.3 Å². The average molecular weight is 281 g/mol. The molecular formula is C17H16FN3. The van der Waals surface area contributed by atoms with Crippen molar-refractivity contribution in [3.63, 3.8) is 0 Å². The fourth-order valence-electron chi connectivity index (χ4n) is 2.52. The van der Waals surface area contributed by atoms with E-state index < -0.39 is 0 Å². The number of aromatic nitrogens is 2. The third-order valence-corrected chi connectivity index (χ3v) is 3.48. The van der Waals surface area contributed by atoms with E-state index in [0.29, 0.717) is 0 Å². The van der Waals surface area contributed by atoms with Crippen LogP contribution in [0.5, 0.6) is 0 Å². The molecule has 2 heterocycles. The molecule has 0 spiro atoms. The number of hydrogen-bond acceptors (Lipinski definition) is 3. The topological polar surface area (TPSA) is 37.8 Å². The molecule has 0 radical (unpaired) electrons. The van der Waals surface area contributed by atoms with Gasteiger partial charge in [-0.05, 0) is 35.7 Å². The maximum absolute atomic E-state index is 13.1. The van der Waals surface area contributed by atoms with E-state index in [4.69, 9.17) is 0 Å². The highest BCUT2D eigenvalue weighted by atomic mass is 19.1. The Morgan fingerprint density at radius 3 is 2.81 bits per heavy atom. The highest BCUT2D eigenvalue weighted by molar-refractivity contribution is 5.85. The van der Waals surface area contributed by atoms with Gasteiger partial charge in [-0.3, -0.25) is 9.97 Å². The summed E-state index contributed by atoms with van der Waals surface area (Å²) in [6, 6.07) is 11.2. The van der Waals surface area contributed by atoms with Gasteiger partial charge in [0.25, 0.3) is 0 Å². The molecule has 2 aromatic heterocycles. The minimum absolute atomic E-state index is 0.0801. The number of fused-ring (bicyclic) bond motifs is 1. The van der Waals surface area contributed by atoms with E-state index >= 15 is 0 Å². The zero-order valence-electron chi connectivity index (χ0n) is 11.8. The maximum Gasteiger partial charge on any atom is 0.141 e. The molecular weight excluding hydrogens is 265 g/mol. The summed E-state index contributed by atoms with van der Waals surface area (Å²) in [6.45, 7) is 2.83. The molecule has 1 atom stereocenters. The Balaban J connectivity index is 2.13. The van der Waals surface area contributed by atoms with Crippen LogP contribution >= 0.6 is 0 Å². The van der Waals surface area contributed by atoms with Crippen LogP contribution < -0.4 is 5.32 Å². The van der Waals surface area contributed by atoms with Crippen molar-refractivity contribution in [3.8, 4) is 0 Å². The lowest BCUT2D eigenvalue weighted by Crippen LogP contribution is -2.23. The van der Waals surface area contributed by atoms with Crippen LogP contribution in [-0.2, 0) is 0 Å². The zero-order chi connectivity index (χ0) is 14.7. The molecule has 1 N–H and O–H groups in total. The SMILES string of the molecule is CCNC(c1ccc(F)cn1)c1cccc2ccncc12. The lowest BCUT2D eigenvalue weighted by Gasteiger charge is -2.19. The molecule has 0 saturated carbocycles. The van der Waals surface area contributed by atoms with Gasteiger partial charge in [0, 0.05) is 17.8 Å². The van der Waals surface area contributed by atoms with Gasteiger partial charge >= 0.3 is 0 Å². The van der Waals surface area contributed by atoms with Crippen LogP contribution in [0.4, 0.5) is 4.39 Å². The van der Waals surface area contributed by atoms with Crippen LogP contribution in [0.3, 0.4) is 0 Å². The van der Waals surface area contributed by atoms with E-state index in [2.05, 4.69) is 27.4 Å². The molecule has 21 heavy (non-hydrogen) atoms. The van der Waals surface area contributed by atoms with Crippen LogP contribution in [0.15, 0.2) is 55.0 Å². The van der Waals surface area contributed by atoms with Gasteiger partial charge in [-0.2, -0.15) is 0 Å². The number of halogens is 1. The van der Waals surface area contributed by atoms with Gasteiger partial charge in [0.15, 0.2) is 0 Å². The van der Waals surface area contributed by atoms with Gasteiger partial charge in [-0.25, -0.2) is 4.39 Å². The largest absolute Gasteiger partial charge is 0.305 e. The van der Waals surface area contributed by atoms with Crippen LogP contribution in [0.25, 0.3) is 10.8 Å². The van der Waals surface area contributed by atoms with Crippen molar-refractivity contribution in [2.24, 2.45) is 0 Å². The van der Waals surface area contributed by atoms with Crippen LogP contribution in [0, 0.1) is 5.82 Å². The van der Waals surface area contributed by atoms with Crippen LogP contribution in [-0.4, -0.2) is 16.5 Å². The molecule has 0 saturated heterocycles. The highest BCUT2D eigenvalue weighted by Gasteiger charge is 2.17. The summed E-state index contributed by atoms with van der Waals surface area (Å²) in [5.41, 5.74) is 1.90. The third kappa shape index (κ3) is 2.76. The van der Waals surface area contributed by atoms with E-state index in [1.165, 1.54) is 12.3 Å². The quantitative estimate of drug-likeness (QED) is 0.795. The number of benzene rings is 1. The van der Waals surface area contributed by atoms with Crippen molar-refractivity contribution in [3.05, 3.63) is 72.1 Å². The number of nitrogens with one attached hydrogen (secondary N) is 1. The number of nitrogens with zero attached hydrogens (tertiary/aromatic N) is 2. The van der Waals surface area contributed by atoms with Crippen molar-refractivity contribution in [1.82, 2.24) is 15.3 Å². The Morgan fingerprint density at radius 2 is 2.05 bits per heavy atom. The molecule has 1 unspecified atom stereocenters. The molecule has 0 aliphatic rings. The first-order chi connectivity index (χ1) is 10.3. The van der Waals surface area contributed by atoms with Gasteiger partial charge in [0.1, 0.15) is 5.82 Å². The summed E-state index contributed by atoms with van der Waals surface area (Å²) < 4.78 is 13.1. The number of pyridine rings is 2. The summed E-state index contributed by atoms with van der Waals surface area (Å²) in [6.07, 6.45) is 4.89. The molecule has 0 amide bonds. The number of hydrogen-bond donors (Lipinski definition) is 1. The summed E-state index contributed by atoms with van der Waals surface area (Å²) >= 11 is 0. The minimum Gasteiger partial charge on any atom is -0.305 e. The molecule has 0 aliphatic heterocycles. The van der Waals surface area contributed by atoms with Crippen molar-refractivity contribution < 1.29 is 4.39 Å². The van der Waals surface area contributed by atoms with Gasteiger partial charge < -0.3 is 5.32 Å². The van der Waals surface area contributed by atoms with Crippen LogP contribution in [0.2, 0.25) is 0 Å². The van der Waals surface area contributed by atoms with E-state index in [0.717, 1.165) is 28.6 Å². The van der Waals surface area contributed by atoms with Crippen molar-refractivity contribution >= 4 is 10.8 Å². The summed E-state index contributed by atoms with van der Waals surface area (Å²) in [7, 11) is 0. The molecule has 0 fully saturated rings. The summed E-state index contributed by atoms with van der Waals surface area (Å²) in [4.78, 5) is 8.44. The Kier molecular flexibility index (Phi) is 3.88. The fraction of sp³-hybridized carbons (Fsp3) is 0.176. The molecule has 3 aromatic rings. The monoisotopic (exact) mass is 281 g/mol. The molecule has 0 aliphatic carbocycles. The lowest BCUT2D eigenvalue weighted by atomic mass is 9.97. The molecule has 4 heteroatoms. The molecule has 1 aromatic carbocycles. The number of rotatable bonds is 4. The minimum atomic E-state index is -0.325. The average Bonchev–Trinajstić information content (AvgIpc) is 2.53. The Bertz CT molecular complexity index is 735. The predicted molar refractivity (Wildman–Crippen MR) is 81.5 cm³/mol. The van der Waals surface area contributed by atoms with Crippen LogP contribution in [0.1, 0.15) is 24.2 Å². The predicted octanol–water partition coefficient (Wildman–Crippen LogP) is 3.47. The summed E-state index contributed by atoms with van der Waals surface area (Å²) in [5.74, 6) is -0.325. The standard InChI is InChI=1S/C17H16FN3/c1-2-20-17(16-7-6-13(18)10-21-16)14-5-3-4-12-8-9-19-11-15(12)14/h3-11,17,20H,2H2,1H3. The molecule has 3 rings (SSSR count). The Labute approximate surface area is 122 Å². The van der Waals surface area contributed by atoms with E-state index in [1.807, 2.05) is 25.3 Å². The van der Waals surface area contributed by atoms with Crippen molar-refractivity contribution in [2.45, 2.75) is 13.0 Å². The van der Waals surface area contributed by atoms with Gasteiger partial charge in [-0.1, -0.05) is 25.1 Å². The van der Waals surface area contributed by atoms with Crippen molar-refractivity contribution in [1.29, 1.82) is 0 Å². The fourth-order valence-corrected chi connectivity index (χ4v) is 2.52. The van der Waals surface area contributed by atoms with Crippen molar-refractivity contribution in [2.75, 3.05) is 6.54 Å². The molecule has 0 bridgehead atoms. The van der Waals surface area contributed by atoms with Gasteiger partial charge in [-0.15, -0.1) is 0 Å². The Morgan fingerprint density at radius 1 is 1.14 bits per heavy atom. The van der Waals surface area contributed by atoms with E-state index in [9.17, 15) is 4.39 Å². The Hall–Kier alpha value is -2.33. The maximum atomic E-state index is 13.1. The second kappa shape index (κ2) is 5.97. The highest BCUT2D eigenvalue weighted by Crippen LogP contribution is 2.27.